The van der Waals surface area contributed by atoms with Crippen LogP contribution in [0.15, 0.2) is 0 Å². The van der Waals surface area contributed by atoms with Crippen molar-refractivity contribution >= 4 is 17.8 Å². The number of ether oxygens (including phenoxy) is 1. The second kappa shape index (κ2) is 5.38. The lowest BCUT2D eigenvalue weighted by atomic mass is 9.89. The van der Waals surface area contributed by atoms with E-state index in [4.69, 9.17) is 0 Å². The van der Waals surface area contributed by atoms with E-state index in [0.29, 0.717) is 0 Å². The van der Waals surface area contributed by atoms with Gasteiger partial charge in [0.25, 0.3) is 6.43 Å². The number of urea groups is 1. The fourth-order valence-corrected chi connectivity index (χ4v) is 1.38. The van der Waals surface area contributed by atoms with Gasteiger partial charge >= 0.3 is 6.03 Å². The first-order chi connectivity index (χ1) is 8.26. The molecule has 1 aliphatic rings. The van der Waals surface area contributed by atoms with Gasteiger partial charge < -0.3 is 4.74 Å². The van der Waals surface area contributed by atoms with Crippen LogP contribution >= 0.6 is 0 Å². The standard InChI is InChI=1S/C10H14F2N2O4/c1-10(2)7(15)13-9(17)14(8(10)16)3-4-18-5-6(11)12/h6H,3-5H2,1-2H3,(H,13,15,17). The Balaban J connectivity index is 2.57. The van der Waals surface area contributed by atoms with Crippen LogP contribution in [0, 0.1) is 5.41 Å². The monoisotopic (exact) mass is 264 g/mol. The molecule has 0 atom stereocenters. The highest BCUT2D eigenvalue weighted by Crippen LogP contribution is 2.22. The Bertz CT molecular complexity index is 371. The molecule has 8 heteroatoms. The Morgan fingerprint density at radius 3 is 2.50 bits per heavy atom. The smallest absolute Gasteiger partial charge is 0.330 e. The van der Waals surface area contributed by atoms with Gasteiger partial charge in [0.2, 0.25) is 11.8 Å². The summed E-state index contributed by atoms with van der Waals surface area (Å²) >= 11 is 0. The fourth-order valence-electron chi connectivity index (χ4n) is 1.38. The molecule has 0 radical (unpaired) electrons. The van der Waals surface area contributed by atoms with Crippen LogP contribution in [0.25, 0.3) is 0 Å². The first kappa shape index (κ1) is 14.5. The molecule has 6 nitrogen and oxygen atoms in total. The Morgan fingerprint density at radius 1 is 1.33 bits per heavy atom. The number of imide groups is 2. The lowest BCUT2D eigenvalue weighted by Crippen LogP contribution is -2.62. The van der Waals surface area contributed by atoms with Gasteiger partial charge in [-0.15, -0.1) is 0 Å². The van der Waals surface area contributed by atoms with Gasteiger partial charge in [0.1, 0.15) is 12.0 Å². The number of carbonyl (C=O) groups is 3. The second-order valence-electron chi connectivity index (χ2n) is 4.31. The molecule has 102 valence electrons. The summed E-state index contributed by atoms with van der Waals surface area (Å²) in [5.74, 6) is -1.35. The van der Waals surface area contributed by atoms with Gasteiger partial charge in [-0.2, -0.15) is 0 Å². The summed E-state index contributed by atoms with van der Waals surface area (Å²) in [5.41, 5.74) is -1.35. The molecule has 18 heavy (non-hydrogen) atoms. The van der Waals surface area contributed by atoms with Gasteiger partial charge in [-0.3, -0.25) is 19.8 Å². The topological polar surface area (TPSA) is 75.7 Å². The number of hydrogen-bond acceptors (Lipinski definition) is 4. The third-order valence-electron chi connectivity index (χ3n) is 2.52. The summed E-state index contributed by atoms with van der Waals surface area (Å²) in [7, 11) is 0. The molecular formula is C10H14F2N2O4. The number of carbonyl (C=O) groups excluding carboxylic acids is 3. The SMILES string of the molecule is CC1(C)C(=O)NC(=O)N(CCOCC(F)F)C1=O. The average Bonchev–Trinajstić information content (AvgIpc) is 2.25. The van der Waals surface area contributed by atoms with Gasteiger partial charge in [0.05, 0.1) is 13.2 Å². The van der Waals surface area contributed by atoms with Gasteiger partial charge in [0.15, 0.2) is 0 Å². The van der Waals surface area contributed by atoms with E-state index in [1.807, 2.05) is 5.32 Å². The van der Waals surface area contributed by atoms with Crippen LogP contribution in [-0.4, -0.2) is 48.9 Å². The van der Waals surface area contributed by atoms with Crippen LogP contribution in [0.1, 0.15) is 13.8 Å². The number of hydrogen-bond donors (Lipinski definition) is 1. The minimum absolute atomic E-state index is 0.173. The maximum atomic E-state index is 11.8. The highest BCUT2D eigenvalue weighted by molar-refractivity contribution is 6.18. The van der Waals surface area contributed by atoms with Gasteiger partial charge in [0, 0.05) is 0 Å². The van der Waals surface area contributed by atoms with E-state index in [2.05, 4.69) is 4.74 Å². The maximum Gasteiger partial charge on any atom is 0.330 e. The first-order valence-electron chi connectivity index (χ1n) is 5.30. The number of barbiturate groups is 1. The van der Waals surface area contributed by atoms with E-state index in [-0.39, 0.29) is 13.2 Å². The largest absolute Gasteiger partial charge is 0.374 e. The first-order valence-corrected chi connectivity index (χ1v) is 5.30. The second-order valence-corrected chi connectivity index (χ2v) is 4.31. The van der Waals surface area contributed by atoms with Crippen molar-refractivity contribution < 1.29 is 27.9 Å². The molecule has 0 spiro atoms. The van der Waals surface area contributed by atoms with Crippen molar-refractivity contribution in [3.05, 3.63) is 0 Å². The third-order valence-corrected chi connectivity index (χ3v) is 2.52. The molecule has 0 bridgehead atoms. The lowest BCUT2D eigenvalue weighted by Gasteiger charge is -2.34. The van der Waals surface area contributed by atoms with Crippen molar-refractivity contribution in [3.8, 4) is 0 Å². The Morgan fingerprint density at radius 2 is 1.94 bits per heavy atom. The van der Waals surface area contributed by atoms with Crippen LogP contribution in [-0.2, 0) is 14.3 Å². The highest BCUT2D eigenvalue weighted by Gasteiger charge is 2.46. The number of alkyl halides is 2. The van der Waals surface area contributed by atoms with E-state index in [0.717, 1.165) is 4.90 Å². The van der Waals surface area contributed by atoms with E-state index < -0.39 is 36.3 Å². The molecule has 1 fully saturated rings. The molecule has 1 aliphatic heterocycles. The maximum absolute atomic E-state index is 11.8. The quantitative estimate of drug-likeness (QED) is 0.575. The zero-order valence-electron chi connectivity index (χ0n) is 10.0. The molecule has 0 aromatic heterocycles. The molecule has 0 aromatic carbocycles. The molecular weight excluding hydrogens is 250 g/mol. The number of rotatable bonds is 5. The Kier molecular flexibility index (Phi) is 4.33. The number of halogens is 2. The Hall–Kier alpha value is -1.57. The Labute approximate surface area is 102 Å². The van der Waals surface area contributed by atoms with Crippen LogP contribution in [0.2, 0.25) is 0 Å². The minimum Gasteiger partial charge on any atom is -0.374 e. The molecule has 0 aliphatic carbocycles. The average molecular weight is 264 g/mol. The molecule has 4 amide bonds. The van der Waals surface area contributed by atoms with Crippen LogP contribution < -0.4 is 5.32 Å². The van der Waals surface area contributed by atoms with Gasteiger partial charge in [-0.25, -0.2) is 13.6 Å². The summed E-state index contributed by atoms with van der Waals surface area (Å²) in [6, 6.07) is -0.857. The highest BCUT2D eigenvalue weighted by atomic mass is 19.3. The summed E-state index contributed by atoms with van der Waals surface area (Å²) < 4.78 is 28.2. The van der Waals surface area contributed by atoms with Crippen molar-refractivity contribution in [1.29, 1.82) is 0 Å². The van der Waals surface area contributed by atoms with E-state index in [1.54, 1.807) is 0 Å². The summed E-state index contributed by atoms with van der Waals surface area (Å²) in [4.78, 5) is 35.4. The van der Waals surface area contributed by atoms with Gasteiger partial charge in [-0.05, 0) is 13.8 Å². The van der Waals surface area contributed by atoms with Crippen molar-refractivity contribution in [2.45, 2.75) is 20.3 Å². The lowest BCUT2D eigenvalue weighted by molar-refractivity contribution is -0.149. The molecule has 1 saturated heterocycles. The summed E-state index contributed by atoms with van der Waals surface area (Å²) in [5, 5.41) is 2.02. The van der Waals surface area contributed by atoms with E-state index in [9.17, 15) is 23.2 Å². The van der Waals surface area contributed by atoms with Crippen molar-refractivity contribution in [2.24, 2.45) is 5.41 Å². The van der Waals surface area contributed by atoms with Crippen molar-refractivity contribution in [1.82, 2.24) is 10.2 Å². The number of nitrogens with one attached hydrogen (secondary N) is 1. The van der Waals surface area contributed by atoms with Crippen LogP contribution in [0.4, 0.5) is 13.6 Å². The van der Waals surface area contributed by atoms with Crippen LogP contribution in [0.3, 0.4) is 0 Å². The minimum atomic E-state index is -2.60. The molecule has 1 rings (SSSR count). The molecule has 0 saturated carbocycles. The van der Waals surface area contributed by atoms with E-state index in [1.165, 1.54) is 13.8 Å². The normalized spacial score (nSPS) is 19.4. The van der Waals surface area contributed by atoms with E-state index >= 15 is 0 Å². The number of amides is 4. The van der Waals surface area contributed by atoms with Crippen molar-refractivity contribution in [2.75, 3.05) is 19.8 Å². The summed E-state index contributed by atoms with van der Waals surface area (Å²) in [6.45, 7) is 1.63. The van der Waals surface area contributed by atoms with Crippen molar-refractivity contribution in [3.63, 3.8) is 0 Å². The predicted octanol–water partition coefficient (Wildman–Crippen LogP) is 0.373. The van der Waals surface area contributed by atoms with Gasteiger partial charge in [-0.1, -0.05) is 0 Å². The fraction of sp³-hybridized carbons (Fsp3) is 0.700. The molecule has 0 unspecified atom stereocenters. The van der Waals surface area contributed by atoms with Crippen LogP contribution in [0.5, 0.6) is 0 Å². The molecule has 1 N–H and O–H groups in total. The summed E-state index contributed by atoms with van der Waals surface area (Å²) in [6.07, 6.45) is -2.60. The molecule has 1 heterocycles. The third kappa shape index (κ3) is 3.00. The zero-order valence-corrected chi connectivity index (χ0v) is 10.0. The number of nitrogens with zero attached hydrogens (tertiary/aromatic N) is 1. The molecule has 0 aromatic rings. The predicted molar refractivity (Wildman–Crippen MR) is 55.9 cm³/mol. The zero-order chi connectivity index (χ0) is 13.9.